The first-order valence-electron chi connectivity index (χ1n) is 8.87. The lowest BCUT2D eigenvalue weighted by Crippen LogP contribution is -2.40. The molecule has 1 aliphatic heterocycles. The Morgan fingerprint density at radius 3 is 2.38 bits per heavy atom. The standard InChI is InChI=1S/C21H29NOSi/c1-21(2,3)24(4,5)23-15-16-10-13-20-18(14-16)12-11-17-8-6-7-9-19(17)22-20/h6-10,13-14,22H,11-12,15H2,1-5H3. The Morgan fingerprint density at radius 1 is 0.958 bits per heavy atom. The number of benzene rings is 2. The summed E-state index contributed by atoms with van der Waals surface area (Å²) in [5, 5.41) is 3.85. The van der Waals surface area contributed by atoms with Crippen LogP contribution >= 0.6 is 0 Å². The van der Waals surface area contributed by atoms with E-state index in [4.69, 9.17) is 4.43 Å². The zero-order valence-corrected chi connectivity index (χ0v) is 16.6. The predicted molar refractivity (Wildman–Crippen MR) is 106 cm³/mol. The van der Waals surface area contributed by atoms with Crippen LogP contribution in [0.5, 0.6) is 0 Å². The molecule has 0 aromatic heterocycles. The van der Waals surface area contributed by atoms with E-state index in [1.54, 1.807) is 0 Å². The first-order valence-corrected chi connectivity index (χ1v) is 11.8. The van der Waals surface area contributed by atoms with E-state index in [0.717, 1.165) is 19.4 Å². The Labute approximate surface area is 147 Å². The zero-order chi connectivity index (χ0) is 17.4. The van der Waals surface area contributed by atoms with Crippen molar-refractivity contribution in [3.63, 3.8) is 0 Å². The van der Waals surface area contributed by atoms with Crippen molar-refractivity contribution in [3.8, 4) is 0 Å². The van der Waals surface area contributed by atoms with Crippen molar-refractivity contribution in [1.82, 2.24) is 0 Å². The molecule has 0 saturated heterocycles. The Morgan fingerprint density at radius 2 is 1.62 bits per heavy atom. The minimum atomic E-state index is -1.70. The summed E-state index contributed by atoms with van der Waals surface area (Å²) in [6.45, 7) is 12.2. The van der Waals surface area contributed by atoms with E-state index in [2.05, 4.69) is 81.6 Å². The summed E-state index contributed by atoms with van der Waals surface area (Å²) in [6, 6.07) is 15.3. The molecule has 3 heteroatoms. The second-order valence-corrected chi connectivity index (χ2v) is 13.1. The molecule has 0 fully saturated rings. The maximum absolute atomic E-state index is 6.38. The zero-order valence-electron chi connectivity index (χ0n) is 15.6. The molecular weight excluding hydrogens is 310 g/mol. The van der Waals surface area contributed by atoms with Gasteiger partial charge >= 0.3 is 0 Å². The first-order chi connectivity index (χ1) is 11.3. The summed E-state index contributed by atoms with van der Waals surface area (Å²) in [7, 11) is -1.70. The lowest BCUT2D eigenvalue weighted by atomic mass is 10.0. The van der Waals surface area contributed by atoms with Crippen molar-refractivity contribution >= 4 is 19.7 Å². The average Bonchev–Trinajstić information content (AvgIpc) is 2.70. The van der Waals surface area contributed by atoms with Gasteiger partial charge in [-0.2, -0.15) is 0 Å². The van der Waals surface area contributed by atoms with Crippen molar-refractivity contribution in [2.45, 2.75) is 58.4 Å². The van der Waals surface area contributed by atoms with Gasteiger partial charge in [-0.15, -0.1) is 0 Å². The highest BCUT2D eigenvalue weighted by atomic mass is 28.4. The quantitative estimate of drug-likeness (QED) is 0.687. The number of rotatable bonds is 3. The molecule has 2 aromatic rings. The second kappa shape index (κ2) is 6.38. The molecule has 0 spiro atoms. The number of hydrogen-bond acceptors (Lipinski definition) is 2. The first kappa shape index (κ1) is 17.2. The maximum atomic E-state index is 6.38. The Bertz CT molecular complexity index is 731. The van der Waals surface area contributed by atoms with Gasteiger partial charge in [-0.3, -0.25) is 0 Å². The smallest absolute Gasteiger partial charge is 0.192 e. The van der Waals surface area contributed by atoms with Crippen LogP contribution in [0.3, 0.4) is 0 Å². The third-order valence-electron chi connectivity index (χ3n) is 5.53. The fourth-order valence-electron chi connectivity index (χ4n) is 2.82. The van der Waals surface area contributed by atoms with Gasteiger partial charge in [0.15, 0.2) is 8.32 Å². The highest BCUT2D eigenvalue weighted by molar-refractivity contribution is 6.74. The third kappa shape index (κ3) is 3.57. The largest absolute Gasteiger partial charge is 0.413 e. The van der Waals surface area contributed by atoms with E-state index in [1.165, 1.54) is 28.1 Å². The van der Waals surface area contributed by atoms with Crippen molar-refractivity contribution < 1.29 is 4.43 Å². The molecule has 0 amide bonds. The third-order valence-corrected chi connectivity index (χ3v) is 10.0. The van der Waals surface area contributed by atoms with Gasteiger partial charge < -0.3 is 9.74 Å². The van der Waals surface area contributed by atoms with Gasteiger partial charge in [0.05, 0.1) is 6.61 Å². The Balaban J connectivity index is 1.76. The van der Waals surface area contributed by atoms with Crippen LogP contribution < -0.4 is 5.32 Å². The number of anilines is 2. The summed E-state index contributed by atoms with van der Waals surface area (Å²) in [6.07, 6.45) is 2.16. The maximum Gasteiger partial charge on any atom is 0.192 e. The minimum Gasteiger partial charge on any atom is -0.413 e. The number of fused-ring (bicyclic) bond motifs is 2. The number of hydrogen-bond donors (Lipinski definition) is 1. The monoisotopic (exact) mass is 339 g/mol. The predicted octanol–water partition coefficient (Wildman–Crippen LogP) is 6.05. The van der Waals surface area contributed by atoms with E-state index in [-0.39, 0.29) is 5.04 Å². The van der Waals surface area contributed by atoms with Crippen molar-refractivity contribution in [3.05, 3.63) is 59.2 Å². The molecule has 0 atom stereocenters. The normalized spacial score (nSPS) is 14.4. The lowest BCUT2D eigenvalue weighted by molar-refractivity contribution is 0.276. The Kier molecular flexibility index (Phi) is 4.58. The molecule has 128 valence electrons. The summed E-state index contributed by atoms with van der Waals surface area (Å²) < 4.78 is 6.38. The average molecular weight is 340 g/mol. The summed E-state index contributed by atoms with van der Waals surface area (Å²) in [5.41, 5.74) is 6.54. The molecule has 3 rings (SSSR count). The van der Waals surface area contributed by atoms with Crippen LogP contribution in [0.15, 0.2) is 42.5 Å². The molecule has 1 heterocycles. The van der Waals surface area contributed by atoms with Gasteiger partial charge in [-0.25, -0.2) is 0 Å². The van der Waals surface area contributed by atoms with Crippen molar-refractivity contribution in [1.29, 1.82) is 0 Å². The van der Waals surface area contributed by atoms with Crippen molar-refractivity contribution in [2.75, 3.05) is 5.32 Å². The molecule has 0 unspecified atom stereocenters. The molecule has 1 N–H and O–H groups in total. The second-order valence-electron chi connectivity index (χ2n) is 8.32. The fraction of sp³-hybridized carbons (Fsp3) is 0.429. The van der Waals surface area contributed by atoms with Crippen molar-refractivity contribution in [2.24, 2.45) is 0 Å². The van der Waals surface area contributed by atoms with E-state index in [0.29, 0.717) is 0 Å². The van der Waals surface area contributed by atoms with Crippen LogP contribution in [-0.4, -0.2) is 8.32 Å². The van der Waals surface area contributed by atoms with E-state index in [9.17, 15) is 0 Å². The van der Waals surface area contributed by atoms with Gasteiger partial charge in [-0.1, -0.05) is 51.1 Å². The van der Waals surface area contributed by atoms with Gasteiger partial charge in [0.2, 0.25) is 0 Å². The molecule has 0 bridgehead atoms. The molecule has 2 aromatic carbocycles. The van der Waals surface area contributed by atoms with Crippen LogP contribution in [0.2, 0.25) is 18.1 Å². The van der Waals surface area contributed by atoms with E-state index in [1.807, 2.05) is 0 Å². The lowest BCUT2D eigenvalue weighted by Gasteiger charge is -2.36. The van der Waals surface area contributed by atoms with Gasteiger partial charge in [0.25, 0.3) is 0 Å². The molecule has 0 saturated carbocycles. The van der Waals surface area contributed by atoms with Crippen LogP contribution in [0.25, 0.3) is 0 Å². The molecule has 0 radical (unpaired) electrons. The number of para-hydroxylation sites is 1. The number of nitrogens with one attached hydrogen (secondary N) is 1. The van der Waals surface area contributed by atoms with Crippen LogP contribution in [-0.2, 0) is 23.9 Å². The Hall–Kier alpha value is -1.58. The van der Waals surface area contributed by atoms with Gasteiger partial charge in [0, 0.05) is 11.4 Å². The number of aryl methyl sites for hydroxylation is 2. The molecular formula is C21H29NOSi. The fourth-order valence-corrected chi connectivity index (χ4v) is 3.78. The van der Waals surface area contributed by atoms with Crippen LogP contribution in [0.4, 0.5) is 11.4 Å². The summed E-state index contributed by atoms with van der Waals surface area (Å²) in [4.78, 5) is 0. The SMILES string of the molecule is CC(C)(C)[Si](C)(C)OCc1ccc2c(c1)CCc1ccccc1N2. The van der Waals surface area contributed by atoms with E-state index >= 15 is 0 Å². The minimum absolute atomic E-state index is 0.252. The summed E-state index contributed by atoms with van der Waals surface area (Å²) >= 11 is 0. The van der Waals surface area contributed by atoms with Crippen LogP contribution in [0, 0.1) is 0 Å². The molecule has 0 aliphatic carbocycles. The molecule has 2 nitrogen and oxygen atoms in total. The summed E-state index contributed by atoms with van der Waals surface area (Å²) in [5.74, 6) is 0. The highest BCUT2D eigenvalue weighted by Crippen LogP contribution is 2.37. The van der Waals surface area contributed by atoms with Crippen LogP contribution in [0.1, 0.15) is 37.5 Å². The van der Waals surface area contributed by atoms with E-state index < -0.39 is 8.32 Å². The van der Waals surface area contributed by atoms with Gasteiger partial charge in [0.1, 0.15) is 0 Å². The highest BCUT2D eigenvalue weighted by Gasteiger charge is 2.37. The van der Waals surface area contributed by atoms with Gasteiger partial charge in [-0.05, 0) is 59.8 Å². The molecule has 1 aliphatic rings. The topological polar surface area (TPSA) is 21.3 Å². The molecule has 24 heavy (non-hydrogen) atoms.